The number of rotatable bonds is 7. The molecule has 2 unspecified atom stereocenters. The van der Waals surface area contributed by atoms with Gasteiger partial charge in [-0.3, -0.25) is 4.90 Å². The van der Waals surface area contributed by atoms with Crippen molar-refractivity contribution in [1.29, 1.82) is 0 Å². The number of hydrogen-bond donors (Lipinski definition) is 2. The lowest BCUT2D eigenvalue weighted by molar-refractivity contribution is 0.243. The summed E-state index contributed by atoms with van der Waals surface area (Å²) in [5.41, 5.74) is 1.19. The quantitative estimate of drug-likeness (QED) is 0.820. The fourth-order valence-electron chi connectivity index (χ4n) is 2.48. The molecule has 21 heavy (non-hydrogen) atoms. The van der Waals surface area contributed by atoms with Crippen LogP contribution in [0.4, 0.5) is 0 Å². The fraction of sp³-hybridized carbons (Fsp3) is 0.412. The van der Waals surface area contributed by atoms with E-state index in [0.717, 1.165) is 18.7 Å². The first-order valence-electron chi connectivity index (χ1n) is 7.34. The van der Waals surface area contributed by atoms with Gasteiger partial charge in [0.2, 0.25) is 0 Å². The summed E-state index contributed by atoms with van der Waals surface area (Å²) in [6.45, 7) is 2.96. The molecule has 0 aliphatic carbocycles. The highest BCUT2D eigenvalue weighted by atomic mass is 16.3. The summed E-state index contributed by atoms with van der Waals surface area (Å²) in [6, 6.07) is 11.8. The van der Waals surface area contributed by atoms with Crippen molar-refractivity contribution in [1.82, 2.24) is 10.2 Å². The van der Waals surface area contributed by atoms with E-state index >= 15 is 0 Å². The molecule has 1 heterocycles. The minimum Gasteiger partial charge on any atom is -0.508 e. The summed E-state index contributed by atoms with van der Waals surface area (Å²) >= 11 is 0. The smallest absolute Gasteiger partial charge is 0.122 e. The Hall–Kier alpha value is -1.78. The number of nitrogens with zero attached hydrogens (tertiary/aromatic N) is 1. The Morgan fingerprint density at radius 3 is 2.43 bits per heavy atom. The molecule has 0 aliphatic heterocycles. The molecule has 2 aromatic rings. The van der Waals surface area contributed by atoms with Gasteiger partial charge in [0, 0.05) is 12.6 Å². The molecule has 0 spiro atoms. The van der Waals surface area contributed by atoms with Crippen LogP contribution in [0.5, 0.6) is 5.75 Å². The third kappa shape index (κ3) is 4.09. The fourth-order valence-corrected chi connectivity index (χ4v) is 2.48. The van der Waals surface area contributed by atoms with Crippen molar-refractivity contribution in [3.05, 3.63) is 54.0 Å². The van der Waals surface area contributed by atoms with Gasteiger partial charge in [0.25, 0.3) is 0 Å². The van der Waals surface area contributed by atoms with Crippen LogP contribution >= 0.6 is 0 Å². The zero-order chi connectivity index (χ0) is 15.2. The number of hydrogen-bond acceptors (Lipinski definition) is 4. The molecule has 0 fully saturated rings. The molecule has 1 aromatic carbocycles. The van der Waals surface area contributed by atoms with Gasteiger partial charge in [0.15, 0.2) is 0 Å². The van der Waals surface area contributed by atoms with Gasteiger partial charge in [-0.15, -0.1) is 0 Å². The Balaban J connectivity index is 2.03. The second-order valence-electron chi connectivity index (χ2n) is 5.46. The number of aromatic hydroxyl groups is 1. The molecular formula is C17H24N2O2. The predicted molar refractivity (Wildman–Crippen MR) is 84.3 cm³/mol. The third-order valence-electron chi connectivity index (χ3n) is 3.76. The lowest BCUT2D eigenvalue weighted by atomic mass is 10.0. The van der Waals surface area contributed by atoms with E-state index in [1.165, 1.54) is 5.56 Å². The van der Waals surface area contributed by atoms with Crippen molar-refractivity contribution in [2.75, 3.05) is 20.6 Å². The molecule has 2 N–H and O–H groups in total. The van der Waals surface area contributed by atoms with E-state index in [1.54, 1.807) is 18.4 Å². The lowest BCUT2D eigenvalue weighted by Crippen LogP contribution is -2.33. The van der Waals surface area contributed by atoms with E-state index < -0.39 is 0 Å². The van der Waals surface area contributed by atoms with Gasteiger partial charge in [-0.05, 0) is 50.3 Å². The van der Waals surface area contributed by atoms with Crippen LogP contribution in [0.15, 0.2) is 47.1 Å². The van der Waals surface area contributed by atoms with Gasteiger partial charge in [-0.25, -0.2) is 0 Å². The normalized spacial score (nSPS) is 14.3. The first-order chi connectivity index (χ1) is 10.1. The molecule has 0 aliphatic rings. The van der Waals surface area contributed by atoms with E-state index in [4.69, 9.17) is 4.42 Å². The van der Waals surface area contributed by atoms with Crippen molar-refractivity contribution >= 4 is 0 Å². The van der Waals surface area contributed by atoms with Crippen LogP contribution in [-0.4, -0.2) is 30.6 Å². The number of benzene rings is 1. The molecule has 2 atom stereocenters. The molecule has 4 nitrogen and oxygen atoms in total. The van der Waals surface area contributed by atoms with Crippen molar-refractivity contribution < 1.29 is 9.52 Å². The number of nitrogens with one attached hydrogen (secondary N) is 1. The first-order valence-corrected chi connectivity index (χ1v) is 7.34. The second kappa shape index (κ2) is 7.29. The Bertz CT molecular complexity index is 520. The van der Waals surface area contributed by atoms with Crippen LogP contribution < -0.4 is 5.32 Å². The average Bonchev–Trinajstić information content (AvgIpc) is 2.98. The van der Waals surface area contributed by atoms with Crippen molar-refractivity contribution in [2.45, 2.75) is 25.4 Å². The monoisotopic (exact) mass is 288 g/mol. The maximum atomic E-state index is 9.39. The van der Waals surface area contributed by atoms with Crippen LogP contribution in [0.25, 0.3) is 0 Å². The van der Waals surface area contributed by atoms with Gasteiger partial charge >= 0.3 is 0 Å². The Morgan fingerprint density at radius 2 is 1.90 bits per heavy atom. The van der Waals surface area contributed by atoms with Crippen LogP contribution in [0, 0.1) is 0 Å². The van der Waals surface area contributed by atoms with Crippen LogP contribution in [0.1, 0.15) is 36.8 Å². The van der Waals surface area contributed by atoms with Gasteiger partial charge in [0.05, 0.1) is 12.3 Å². The van der Waals surface area contributed by atoms with Gasteiger partial charge < -0.3 is 14.8 Å². The summed E-state index contributed by atoms with van der Waals surface area (Å²) in [5, 5.41) is 13.0. The van der Waals surface area contributed by atoms with Crippen molar-refractivity contribution in [3.63, 3.8) is 0 Å². The number of phenols is 1. The molecule has 0 saturated carbocycles. The van der Waals surface area contributed by atoms with E-state index in [2.05, 4.69) is 31.2 Å². The highest BCUT2D eigenvalue weighted by Crippen LogP contribution is 2.22. The zero-order valence-corrected chi connectivity index (χ0v) is 12.9. The molecule has 114 valence electrons. The van der Waals surface area contributed by atoms with Gasteiger partial charge in [0.1, 0.15) is 11.5 Å². The van der Waals surface area contributed by atoms with Crippen molar-refractivity contribution in [3.8, 4) is 5.75 Å². The molecule has 2 rings (SSSR count). The first kappa shape index (κ1) is 15.6. The number of furan rings is 1. The lowest BCUT2D eigenvalue weighted by Gasteiger charge is -2.26. The molecule has 0 bridgehead atoms. The highest BCUT2D eigenvalue weighted by molar-refractivity contribution is 5.28. The van der Waals surface area contributed by atoms with E-state index in [9.17, 15) is 5.11 Å². The van der Waals surface area contributed by atoms with Crippen LogP contribution in [0.2, 0.25) is 0 Å². The minimum atomic E-state index is 0.200. The SMILES string of the molecule is CCC(NCC(c1ccco1)N(C)C)c1ccc(O)cc1. The van der Waals surface area contributed by atoms with Crippen molar-refractivity contribution in [2.24, 2.45) is 0 Å². The Morgan fingerprint density at radius 1 is 1.19 bits per heavy atom. The minimum absolute atomic E-state index is 0.200. The standard InChI is InChI=1S/C17H24N2O2/c1-4-15(13-7-9-14(20)10-8-13)18-12-16(19(2)3)17-6-5-11-21-17/h5-11,15-16,18,20H,4,12H2,1-3H3. The Labute approximate surface area is 126 Å². The maximum Gasteiger partial charge on any atom is 0.122 e. The van der Waals surface area contributed by atoms with E-state index in [1.807, 2.05) is 24.3 Å². The molecular weight excluding hydrogens is 264 g/mol. The van der Waals surface area contributed by atoms with Gasteiger partial charge in [-0.1, -0.05) is 19.1 Å². The highest BCUT2D eigenvalue weighted by Gasteiger charge is 2.18. The summed E-state index contributed by atoms with van der Waals surface area (Å²) in [5.74, 6) is 1.27. The molecule has 4 heteroatoms. The predicted octanol–water partition coefficient (Wildman–Crippen LogP) is 3.33. The Kier molecular flexibility index (Phi) is 5.42. The average molecular weight is 288 g/mol. The van der Waals surface area contributed by atoms with Gasteiger partial charge in [-0.2, -0.15) is 0 Å². The molecule has 1 aromatic heterocycles. The largest absolute Gasteiger partial charge is 0.508 e. The topological polar surface area (TPSA) is 48.6 Å². The zero-order valence-electron chi connectivity index (χ0n) is 12.9. The molecule has 0 radical (unpaired) electrons. The second-order valence-corrected chi connectivity index (χ2v) is 5.46. The van der Waals surface area contributed by atoms with Crippen LogP contribution in [-0.2, 0) is 0 Å². The summed E-state index contributed by atoms with van der Waals surface area (Å²) in [4.78, 5) is 2.15. The summed E-state index contributed by atoms with van der Waals surface area (Å²) in [7, 11) is 4.10. The summed E-state index contributed by atoms with van der Waals surface area (Å²) < 4.78 is 5.53. The number of likely N-dealkylation sites (N-methyl/N-ethyl adjacent to an activating group) is 1. The molecule has 0 amide bonds. The van der Waals surface area contributed by atoms with E-state index in [-0.39, 0.29) is 12.1 Å². The summed E-state index contributed by atoms with van der Waals surface area (Å²) in [6.07, 6.45) is 2.70. The third-order valence-corrected chi connectivity index (χ3v) is 3.76. The van der Waals surface area contributed by atoms with E-state index in [0.29, 0.717) is 5.75 Å². The maximum absolute atomic E-state index is 9.39. The molecule has 0 saturated heterocycles. The number of phenolic OH excluding ortho intramolecular Hbond substituents is 1. The van der Waals surface area contributed by atoms with Crippen LogP contribution in [0.3, 0.4) is 0 Å².